The van der Waals surface area contributed by atoms with Crippen LogP contribution in [0.4, 0.5) is 0 Å². The average molecular weight is 536 g/mol. The summed E-state index contributed by atoms with van der Waals surface area (Å²) in [5.74, 6) is 0. The van der Waals surface area contributed by atoms with E-state index in [1.165, 1.54) is 87.6 Å². The molecule has 0 rings (SSSR count). The molecule has 0 fully saturated rings. The van der Waals surface area contributed by atoms with Crippen LogP contribution >= 0.6 is 10.0 Å². The van der Waals surface area contributed by atoms with Crippen molar-refractivity contribution in [1.29, 1.82) is 0 Å². The molecule has 0 heterocycles. The molecule has 0 N–H and O–H groups in total. The minimum absolute atomic E-state index is 0.603. The van der Waals surface area contributed by atoms with Gasteiger partial charge in [-0.2, -0.15) is 0 Å². The molecule has 0 aliphatic heterocycles. The zero-order valence-corrected chi connectivity index (χ0v) is 25.5. The van der Waals surface area contributed by atoms with E-state index in [0.29, 0.717) is 0 Å². The molecule has 0 bridgehead atoms. The summed E-state index contributed by atoms with van der Waals surface area (Å²) in [7, 11) is 6.32. The summed E-state index contributed by atoms with van der Waals surface area (Å²) in [6, 6.07) is 0. The molecule has 170 valence electrons. The van der Waals surface area contributed by atoms with E-state index >= 15 is 0 Å². The van der Waals surface area contributed by atoms with Crippen molar-refractivity contribution in [2.45, 2.75) is 157 Å². The van der Waals surface area contributed by atoms with E-state index in [1.54, 1.807) is 35.0 Å². The van der Waals surface area contributed by atoms with Gasteiger partial charge in [-0.25, -0.2) is 0 Å². The van der Waals surface area contributed by atoms with E-state index < -0.39 is 27.8 Å². The average Bonchev–Trinajstić information content (AvgIpc) is 2.69. The molecule has 0 aromatic rings. The van der Waals surface area contributed by atoms with Crippen LogP contribution in [0.5, 0.6) is 0 Å². The molecule has 0 aliphatic carbocycles. The quantitative estimate of drug-likeness (QED) is 0.107. The Labute approximate surface area is 194 Å². The molecule has 3 heteroatoms. The van der Waals surface area contributed by atoms with Crippen molar-refractivity contribution >= 4 is 37.8 Å². The zero-order chi connectivity index (χ0) is 21.3. The van der Waals surface area contributed by atoms with Gasteiger partial charge in [0.05, 0.1) is 0 Å². The fourth-order valence-electron chi connectivity index (χ4n) is 3.51. The molecular weight excluding hydrogens is 481 g/mol. The monoisotopic (exact) mass is 538 g/mol. The van der Waals surface area contributed by atoms with E-state index in [1.807, 2.05) is 0 Å². The van der Waals surface area contributed by atoms with Crippen LogP contribution in [-0.2, 0) is 0 Å². The van der Waals surface area contributed by atoms with Crippen molar-refractivity contribution in [2.24, 2.45) is 0 Å². The third kappa shape index (κ3) is 27.4. The number of hydrogen-bond acceptors (Lipinski definition) is 0. The van der Waals surface area contributed by atoms with Crippen molar-refractivity contribution in [3.63, 3.8) is 0 Å². The van der Waals surface area contributed by atoms with E-state index in [4.69, 9.17) is 10.0 Å². The van der Waals surface area contributed by atoms with Crippen molar-refractivity contribution in [3.8, 4) is 0 Å². The van der Waals surface area contributed by atoms with Crippen LogP contribution in [-0.4, -0.2) is 27.8 Å². The molecule has 0 unspecified atom stereocenters. The molecule has 28 heavy (non-hydrogen) atoms. The SMILES string of the molecule is CCCC[CH2][Ge]([CH2]CCCC)[CH2]CCCC.CCCC[CH2][Ge]([Cl])[CH2]CCCC. The maximum absolute atomic E-state index is 6.32. The second-order valence-corrected chi connectivity index (χ2v) is 21.9. The molecule has 0 aliphatic rings. The summed E-state index contributed by atoms with van der Waals surface area (Å²) < 4.78 is 0. The molecule has 0 aromatic carbocycles. The first-order chi connectivity index (χ1) is 13.7. The topological polar surface area (TPSA) is 0 Å². The Balaban J connectivity index is 0. The second kappa shape index (κ2) is 28.4. The van der Waals surface area contributed by atoms with Crippen molar-refractivity contribution < 1.29 is 0 Å². The molecule has 0 atom stereocenters. The third-order valence-corrected chi connectivity index (χ3v) is 17.9. The van der Waals surface area contributed by atoms with E-state index in [9.17, 15) is 0 Å². The standard InChI is InChI=1S/C15H33Ge.C10H22ClGe/c1-4-7-10-13-16(14-11-8-5-2)15-12-9-6-3;1-3-5-7-9-12(11)10-8-6-4-2/h4-15H2,1-3H3;3-10H2,1-2H3. The number of hydrogen-bond donors (Lipinski definition) is 0. The Bertz CT molecular complexity index is 227. The van der Waals surface area contributed by atoms with Gasteiger partial charge in [-0.3, -0.25) is 0 Å². The summed E-state index contributed by atoms with van der Waals surface area (Å²) in [5, 5.41) is 7.78. The van der Waals surface area contributed by atoms with Gasteiger partial charge in [0.15, 0.2) is 0 Å². The summed E-state index contributed by atoms with van der Waals surface area (Å²) in [5.41, 5.74) is 0. The molecule has 2 radical (unpaired) electrons. The predicted molar refractivity (Wildman–Crippen MR) is 139 cm³/mol. The van der Waals surface area contributed by atoms with Gasteiger partial charge in [0.25, 0.3) is 0 Å². The molecule has 0 amide bonds. The Hall–Kier alpha value is 1.38. The molecule has 0 nitrogen and oxygen atoms in total. The number of unbranched alkanes of at least 4 members (excludes halogenated alkanes) is 10. The Morgan fingerprint density at radius 3 is 0.893 bits per heavy atom. The Morgan fingerprint density at radius 1 is 0.393 bits per heavy atom. The fraction of sp³-hybridized carbons (Fsp3) is 1.00. The van der Waals surface area contributed by atoms with Crippen LogP contribution < -0.4 is 0 Å². The number of halogens is 1. The summed E-state index contributed by atoms with van der Waals surface area (Å²) in [6.07, 6.45) is 21.5. The van der Waals surface area contributed by atoms with Crippen molar-refractivity contribution in [1.82, 2.24) is 0 Å². The van der Waals surface area contributed by atoms with Crippen LogP contribution in [0.15, 0.2) is 0 Å². The third-order valence-electron chi connectivity index (χ3n) is 5.50. The van der Waals surface area contributed by atoms with Crippen LogP contribution in [0.1, 0.15) is 131 Å². The van der Waals surface area contributed by atoms with Crippen LogP contribution in [0.3, 0.4) is 0 Å². The minimum atomic E-state index is -1.04. The first kappa shape index (κ1) is 31.6. The molecule has 0 saturated carbocycles. The van der Waals surface area contributed by atoms with Gasteiger partial charge in [-0.15, -0.1) is 0 Å². The second-order valence-electron chi connectivity index (χ2n) is 8.55. The zero-order valence-electron chi connectivity index (χ0n) is 20.5. The number of rotatable bonds is 20. The van der Waals surface area contributed by atoms with Gasteiger partial charge in [-0.1, -0.05) is 0 Å². The van der Waals surface area contributed by atoms with Crippen LogP contribution in [0.2, 0.25) is 26.3 Å². The molecule has 0 aromatic heterocycles. The van der Waals surface area contributed by atoms with Crippen molar-refractivity contribution in [2.75, 3.05) is 0 Å². The molecule has 0 saturated heterocycles. The van der Waals surface area contributed by atoms with Crippen LogP contribution in [0.25, 0.3) is 0 Å². The first-order valence-electron chi connectivity index (χ1n) is 13.0. The molecule has 0 spiro atoms. The van der Waals surface area contributed by atoms with E-state index in [-0.39, 0.29) is 0 Å². The van der Waals surface area contributed by atoms with Gasteiger partial charge < -0.3 is 0 Å². The predicted octanol–water partition coefficient (Wildman–Crippen LogP) is 10.6. The van der Waals surface area contributed by atoms with E-state index in [2.05, 4.69) is 34.6 Å². The summed E-state index contributed by atoms with van der Waals surface area (Å²) >= 11 is -1.64. The fourth-order valence-corrected chi connectivity index (χ4v) is 14.4. The van der Waals surface area contributed by atoms with E-state index in [0.717, 1.165) is 0 Å². The van der Waals surface area contributed by atoms with Gasteiger partial charge in [0, 0.05) is 0 Å². The molecular formula is C25H55ClGe2. The van der Waals surface area contributed by atoms with Gasteiger partial charge in [0.2, 0.25) is 0 Å². The Morgan fingerprint density at radius 2 is 0.643 bits per heavy atom. The van der Waals surface area contributed by atoms with Gasteiger partial charge in [0.1, 0.15) is 0 Å². The van der Waals surface area contributed by atoms with Gasteiger partial charge >= 0.3 is 195 Å². The Kier molecular flexibility index (Phi) is 32.0. The van der Waals surface area contributed by atoms with Gasteiger partial charge in [-0.05, 0) is 0 Å². The maximum atomic E-state index is 6.32. The first-order valence-corrected chi connectivity index (χ1v) is 23.2. The van der Waals surface area contributed by atoms with Crippen molar-refractivity contribution in [3.05, 3.63) is 0 Å². The normalized spacial score (nSPS) is 11.1. The summed E-state index contributed by atoms with van der Waals surface area (Å²) in [6.45, 7) is 11.5. The van der Waals surface area contributed by atoms with Crippen LogP contribution in [0, 0.1) is 0 Å². The summed E-state index contributed by atoms with van der Waals surface area (Å²) in [4.78, 5) is 0.